The second kappa shape index (κ2) is 43.7. The number of aromatic amines is 5. The number of para-hydroxylation sites is 2. The molecular weight excluding hydrogens is 1900 g/mol. The zero-order chi connectivity index (χ0) is 101. The van der Waals surface area contributed by atoms with E-state index < -0.39 is 0 Å². The van der Waals surface area contributed by atoms with E-state index in [1.54, 1.807) is 28.4 Å². The number of hydrogen-bond acceptors (Lipinski definition) is 18. The lowest BCUT2D eigenvalue weighted by molar-refractivity contribution is 0.184. The molecular formula is C104H121Cl5N28O5. The molecule has 742 valence electrons. The number of rotatable bonds is 10. The van der Waals surface area contributed by atoms with Gasteiger partial charge in [0, 0.05) is 148 Å². The first-order chi connectivity index (χ1) is 67.9. The number of halogens is 5. The Morgan fingerprint density at radius 2 is 0.549 bits per heavy atom. The third-order valence-corrected chi connectivity index (χ3v) is 27.9. The van der Waals surface area contributed by atoms with Crippen LogP contribution >= 0.6 is 58.0 Å². The lowest BCUT2D eigenvalue weighted by atomic mass is 9.87. The van der Waals surface area contributed by atoms with E-state index in [-0.39, 0.29) is 59.1 Å². The smallest absolute Gasteiger partial charge is 0.324 e. The molecule has 0 bridgehead atoms. The quantitative estimate of drug-likeness (QED) is 0.0608. The molecule has 8 aromatic heterocycles. The van der Waals surface area contributed by atoms with Gasteiger partial charge in [-0.1, -0.05) is 136 Å². The molecule has 5 aliphatic rings. The van der Waals surface area contributed by atoms with Gasteiger partial charge in [-0.05, 0) is 239 Å². The lowest BCUT2D eigenvalue weighted by Gasteiger charge is -2.40. The van der Waals surface area contributed by atoms with Crippen molar-refractivity contribution in [1.82, 2.24) is 89.3 Å². The molecule has 15 aromatic rings. The van der Waals surface area contributed by atoms with Crippen LogP contribution in [-0.4, -0.2) is 249 Å². The molecule has 5 aliphatic heterocycles. The van der Waals surface area contributed by atoms with Crippen molar-refractivity contribution < 1.29 is 24.0 Å². The number of piperazine rings is 5. The molecule has 13 heterocycles. The maximum Gasteiger partial charge on any atom is 0.324 e. The topological polar surface area (TPSA) is 360 Å². The van der Waals surface area contributed by atoms with E-state index in [9.17, 15) is 24.0 Å². The molecule has 7 aromatic carbocycles. The Hall–Kier alpha value is -13.9. The van der Waals surface area contributed by atoms with Crippen LogP contribution in [0.2, 0.25) is 25.1 Å². The summed E-state index contributed by atoms with van der Waals surface area (Å²) in [6.07, 6.45) is 5.20. The molecule has 0 saturated carbocycles. The van der Waals surface area contributed by atoms with Gasteiger partial charge in [0.15, 0.2) is 0 Å². The van der Waals surface area contributed by atoms with Gasteiger partial charge >= 0.3 is 30.2 Å². The van der Waals surface area contributed by atoms with Gasteiger partial charge in [-0.15, -0.1) is 0 Å². The van der Waals surface area contributed by atoms with E-state index in [1.807, 2.05) is 163 Å². The Bertz CT molecular complexity index is 6810. The van der Waals surface area contributed by atoms with Crippen LogP contribution < -0.4 is 51.1 Å². The number of carbonyl (C=O) groups is 5. The molecule has 20 rings (SSSR count). The highest BCUT2D eigenvalue weighted by Crippen LogP contribution is 2.36. The molecule has 142 heavy (non-hydrogen) atoms. The van der Waals surface area contributed by atoms with Gasteiger partial charge in [0.05, 0.1) is 91.7 Å². The molecule has 38 heteroatoms. The minimum atomic E-state index is -0.163. The van der Waals surface area contributed by atoms with Crippen LogP contribution in [0.25, 0.3) is 55.2 Å². The largest absolute Gasteiger partial charge is 0.367 e. The molecule has 33 nitrogen and oxygen atoms in total. The highest BCUT2D eigenvalue weighted by molar-refractivity contribution is 6.34. The number of anilines is 10. The molecule has 3 atom stereocenters. The van der Waals surface area contributed by atoms with Crippen LogP contribution in [-0.2, 0) is 10.8 Å². The SMILES string of the molecule is CC(C)(C)c1ccc2nc(NC(=O)N3CCN(c4ccccc4Cl)CC3)[nH]c2c1.C[C@@H]1CN(c2ncccc2Cl)CCN1C(=O)Nc1nc2ccc(C(C)(C)C)cc2[nH]1.Cc1cc2nc(NC(=O)N3CCN(c4ccccc4Cl)CC3)[nH]c2cc1C.Cc1cc2nc(NC(=O)N3CCN(c4ncccc4Cl)C[C@@H]3C)[nH]c2cc1C.Cc1cc2nc(NC(=O)N3CCN(c4ncccc4Cl)C[C@H]3C)[nH]c2cc1C. The molecule has 0 radical (unpaired) electrons. The fourth-order valence-electron chi connectivity index (χ4n) is 17.8. The number of carbonyl (C=O) groups excluding carboxylic acids is 5. The number of amides is 10. The van der Waals surface area contributed by atoms with Gasteiger partial charge in [-0.2, -0.15) is 0 Å². The van der Waals surface area contributed by atoms with Crippen LogP contribution in [0.5, 0.6) is 0 Å². The first kappa shape index (κ1) is 101. The zero-order valence-corrected chi connectivity index (χ0v) is 86.3. The number of pyridine rings is 3. The second-order valence-electron chi connectivity index (χ2n) is 38.6. The monoisotopic (exact) mass is 2020 g/mol. The van der Waals surface area contributed by atoms with E-state index in [2.05, 4.69) is 229 Å². The van der Waals surface area contributed by atoms with Crippen LogP contribution in [0.15, 0.2) is 176 Å². The fourth-order valence-corrected chi connectivity index (χ4v) is 19.1. The summed E-state index contributed by atoms with van der Waals surface area (Å²) in [6.45, 7) is 42.7. The van der Waals surface area contributed by atoms with Crippen molar-refractivity contribution in [3.8, 4) is 0 Å². The standard InChI is InChI=1S/C22H27ClN6O.C22H26ClN5O.2C20H23ClN6O.C20H22ClN5O/c1-14-13-28(19-16(23)6-5-9-24-19)10-11-29(14)21(30)27-20-25-17-8-7-15(22(2,3)4)12-18(17)26-20;1-22(2,3)15-8-9-17-18(14-15)25-20(24-17)26-21(29)28-12-10-27(11-13-28)19-7-5-4-6-16(19)23;2*1-12-9-16-17(10-13(12)2)24-19(23-16)25-20(28)27-8-7-26(11-14(27)3)18-15(21)5-4-6-22-18;1-13-11-16-17(12-14(13)2)23-19(22-16)24-20(27)26-9-7-25(8-10-26)18-6-4-3-5-15(18)21/h5-9,12,14H,10-11,13H2,1-4H3,(H2,25,26,27,30);4-9,14H,10-13H2,1-3H3,(H2,24,25,26,29);2*4-6,9-10,14H,7-8,11H2,1-3H3,(H2,23,24,25,28);3-6,11-12H,7-10H2,1-2H3,(H2,22,23,24,27)/t14-;;2*14-;/m1.10./s1. The van der Waals surface area contributed by atoms with Crippen molar-refractivity contribution in [1.29, 1.82) is 0 Å². The first-order valence-corrected chi connectivity index (χ1v) is 49.6. The van der Waals surface area contributed by atoms with Gasteiger partial charge in [0.1, 0.15) is 17.5 Å². The minimum absolute atomic E-state index is 0.00805. The van der Waals surface area contributed by atoms with Gasteiger partial charge in [-0.25, -0.2) is 63.8 Å². The Kier molecular flexibility index (Phi) is 31.1. The molecule has 10 N–H and O–H groups in total. The summed E-state index contributed by atoms with van der Waals surface area (Å²) in [6, 6.07) is 50.4. The van der Waals surface area contributed by atoms with E-state index in [0.29, 0.717) is 130 Å². The zero-order valence-electron chi connectivity index (χ0n) is 82.5. The molecule has 0 spiro atoms. The van der Waals surface area contributed by atoms with Crippen molar-refractivity contribution in [2.24, 2.45) is 0 Å². The summed E-state index contributed by atoms with van der Waals surface area (Å²) < 4.78 is 0. The number of aromatic nitrogens is 13. The van der Waals surface area contributed by atoms with Gasteiger partial charge in [0.2, 0.25) is 29.7 Å². The van der Waals surface area contributed by atoms with E-state index >= 15 is 0 Å². The minimum Gasteiger partial charge on any atom is -0.367 e. The number of H-pyrrole nitrogens is 5. The van der Waals surface area contributed by atoms with Crippen LogP contribution in [0, 0.1) is 41.5 Å². The number of imidazole rings is 5. The van der Waals surface area contributed by atoms with Crippen molar-refractivity contribution in [3.05, 3.63) is 246 Å². The van der Waals surface area contributed by atoms with Crippen molar-refractivity contribution in [3.63, 3.8) is 0 Å². The number of aryl methyl sites for hydroxylation is 6. The molecule has 5 fully saturated rings. The van der Waals surface area contributed by atoms with Gasteiger partial charge in [-0.3, -0.25) is 26.6 Å². The number of nitrogens with zero attached hydrogens (tertiary/aromatic N) is 18. The summed E-state index contributed by atoms with van der Waals surface area (Å²) in [5, 5.41) is 17.8. The number of benzene rings is 7. The van der Waals surface area contributed by atoms with Crippen LogP contribution in [0.3, 0.4) is 0 Å². The maximum atomic E-state index is 12.9. The summed E-state index contributed by atoms with van der Waals surface area (Å²) >= 11 is 31.4. The van der Waals surface area contributed by atoms with Gasteiger partial charge < -0.3 is 73.9 Å². The Labute approximate surface area is 850 Å². The number of nitrogens with one attached hydrogen (secondary N) is 10. The molecule has 0 aliphatic carbocycles. The van der Waals surface area contributed by atoms with E-state index in [4.69, 9.17) is 58.0 Å². The van der Waals surface area contributed by atoms with Crippen molar-refractivity contribution in [2.45, 2.75) is 133 Å². The predicted molar refractivity (Wildman–Crippen MR) is 575 cm³/mol. The fraction of sp³-hybridized carbons (Fsp3) is 0.356. The third-order valence-electron chi connectivity index (χ3n) is 26.4. The Morgan fingerprint density at radius 3 is 0.824 bits per heavy atom. The highest BCUT2D eigenvalue weighted by atomic mass is 35.5. The predicted octanol–water partition coefficient (Wildman–Crippen LogP) is 21.6. The molecule has 0 unspecified atom stereocenters. The average molecular weight is 2020 g/mol. The van der Waals surface area contributed by atoms with Crippen LogP contribution in [0.1, 0.15) is 107 Å². The van der Waals surface area contributed by atoms with E-state index in [1.165, 1.54) is 44.5 Å². The summed E-state index contributed by atoms with van der Waals surface area (Å²) in [5.41, 5.74) is 20.5. The van der Waals surface area contributed by atoms with Crippen molar-refractivity contribution >= 4 is 202 Å². The molecule has 5 saturated heterocycles. The maximum absolute atomic E-state index is 12.9. The Balaban J connectivity index is 0.000000128. The number of fused-ring (bicyclic) bond motifs is 5. The summed E-state index contributed by atoms with van der Waals surface area (Å²) in [7, 11) is 0. The average Bonchev–Trinajstić information content (AvgIpc) is 1.63. The summed E-state index contributed by atoms with van der Waals surface area (Å²) in [5.74, 6) is 4.64. The van der Waals surface area contributed by atoms with Crippen molar-refractivity contribution in [2.75, 3.05) is 162 Å². The normalized spacial score (nSPS) is 16.3. The van der Waals surface area contributed by atoms with Gasteiger partial charge in [0.25, 0.3) is 0 Å². The first-order valence-electron chi connectivity index (χ1n) is 47.7. The Morgan fingerprint density at radius 1 is 0.296 bits per heavy atom. The number of hydrogen-bond donors (Lipinski definition) is 10. The lowest BCUT2D eigenvalue weighted by Crippen LogP contribution is -2.55. The highest BCUT2D eigenvalue weighted by Gasteiger charge is 2.35. The second-order valence-corrected chi connectivity index (χ2v) is 40.7. The summed E-state index contributed by atoms with van der Waals surface area (Å²) in [4.78, 5) is 135. The number of urea groups is 5. The van der Waals surface area contributed by atoms with Crippen LogP contribution in [0.4, 0.5) is 82.5 Å². The third kappa shape index (κ3) is 24.1. The van der Waals surface area contributed by atoms with E-state index in [0.717, 1.165) is 120 Å². The molecule has 10 amide bonds.